The van der Waals surface area contributed by atoms with E-state index in [1.54, 1.807) is 10.7 Å². The summed E-state index contributed by atoms with van der Waals surface area (Å²) in [5.41, 5.74) is 3.58. The molecule has 4 rings (SSSR count). The van der Waals surface area contributed by atoms with Crippen LogP contribution in [0, 0.1) is 6.92 Å². The van der Waals surface area contributed by atoms with Crippen LogP contribution in [0.15, 0.2) is 70.3 Å². The van der Waals surface area contributed by atoms with Gasteiger partial charge in [-0.3, -0.25) is 10.1 Å². The standard InChI is InChI=1S/C19H16N6O2S/c1-13-7-9-14(10-8-13)16-11-18(27-22-16)20-17(26)12-28-19-21-23-24-25(19)15-5-3-2-4-6-15/h2-11H,12H2,1H3,(H,20,26). The first-order valence-electron chi connectivity index (χ1n) is 8.49. The number of benzene rings is 2. The second-order valence-corrected chi connectivity index (χ2v) is 6.93. The molecule has 0 atom stereocenters. The summed E-state index contributed by atoms with van der Waals surface area (Å²) < 4.78 is 6.80. The van der Waals surface area contributed by atoms with Gasteiger partial charge in [0.15, 0.2) is 0 Å². The van der Waals surface area contributed by atoms with Crippen molar-refractivity contribution >= 4 is 23.6 Å². The number of aromatic nitrogens is 5. The summed E-state index contributed by atoms with van der Waals surface area (Å²) in [6, 6.07) is 19.1. The van der Waals surface area contributed by atoms with E-state index >= 15 is 0 Å². The predicted molar refractivity (Wildman–Crippen MR) is 105 cm³/mol. The molecule has 0 saturated carbocycles. The van der Waals surface area contributed by atoms with Crippen molar-refractivity contribution in [3.63, 3.8) is 0 Å². The number of hydrogen-bond acceptors (Lipinski definition) is 7. The number of para-hydroxylation sites is 1. The predicted octanol–water partition coefficient (Wildman–Crippen LogP) is 3.36. The Morgan fingerprint density at radius 1 is 1.14 bits per heavy atom. The molecule has 0 aliphatic heterocycles. The minimum Gasteiger partial charge on any atom is -0.338 e. The summed E-state index contributed by atoms with van der Waals surface area (Å²) in [6.45, 7) is 2.02. The molecular weight excluding hydrogens is 376 g/mol. The van der Waals surface area contributed by atoms with Crippen LogP contribution in [0.4, 0.5) is 5.88 Å². The molecule has 0 aliphatic carbocycles. The van der Waals surface area contributed by atoms with Gasteiger partial charge < -0.3 is 4.52 Å². The number of hydrogen-bond donors (Lipinski definition) is 1. The Labute approximate surface area is 164 Å². The summed E-state index contributed by atoms with van der Waals surface area (Å²) in [4.78, 5) is 12.2. The zero-order valence-electron chi connectivity index (χ0n) is 14.9. The maximum Gasteiger partial charge on any atom is 0.237 e. The quantitative estimate of drug-likeness (QED) is 0.502. The minimum atomic E-state index is -0.237. The number of amides is 1. The fraction of sp³-hybridized carbons (Fsp3) is 0.105. The minimum absolute atomic E-state index is 0.133. The van der Waals surface area contributed by atoms with Gasteiger partial charge in [-0.15, -0.1) is 5.10 Å². The number of aryl methyl sites for hydroxylation is 1. The number of tetrazole rings is 1. The Morgan fingerprint density at radius 3 is 2.71 bits per heavy atom. The smallest absolute Gasteiger partial charge is 0.237 e. The first-order chi connectivity index (χ1) is 13.7. The lowest BCUT2D eigenvalue weighted by Crippen LogP contribution is -2.14. The highest BCUT2D eigenvalue weighted by molar-refractivity contribution is 7.99. The number of nitrogens with zero attached hydrogens (tertiary/aromatic N) is 5. The van der Waals surface area contributed by atoms with Gasteiger partial charge in [0.05, 0.1) is 11.4 Å². The molecule has 8 nitrogen and oxygen atoms in total. The topological polar surface area (TPSA) is 98.7 Å². The third kappa shape index (κ3) is 4.09. The lowest BCUT2D eigenvalue weighted by Gasteiger charge is -2.03. The molecule has 2 aromatic heterocycles. The fourth-order valence-corrected chi connectivity index (χ4v) is 3.19. The van der Waals surface area contributed by atoms with Gasteiger partial charge in [0.2, 0.25) is 16.9 Å². The maximum absolute atomic E-state index is 12.2. The molecule has 0 aliphatic rings. The van der Waals surface area contributed by atoms with E-state index in [-0.39, 0.29) is 11.7 Å². The van der Waals surface area contributed by atoms with E-state index in [2.05, 4.69) is 26.0 Å². The summed E-state index contributed by atoms with van der Waals surface area (Å²) in [7, 11) is 0. The van der Waals surface area contributed by atoms with Gasteiger partial charge in [-0.25, -0.2) is 0 Å². The molecule has 0 unspecified atom stereocenters. The number of thioether (sulfide) groups is 1. The molecule has 0 bridgehead atoms. The summed E-state index contributed by atoms with van der Waals surface area (Å²) in [5, 5.41) is 18.8. The van der Waals surface area contributed by atoms with Gasteiger partial charge >= 0.3 is 0 Å². The highest BCUT2D eigenvalue weighted by Crippen LogP contribution is 2.23. The number of nitrogens with one attached hydrogen (secondary N) is 1. The molecule has 1 N–H and O–H groups in total. The third-order valence-corrected chi connectivity index (χ3v) is 4.81. The molecule has 0 radical (unpaired) electrons. The Kier molecular flexibility index (Phi) is 5.16. The summed E-state index contributed by atoms with van der Waals surface area (Å²) >= 11 is 1.23. The zero-order chi connectivity index (χ0) is 19.3. The van der Waals surface area contributed by atoms with Gasteiger partial charge in [-0.05, 0) is 29.5 Å². The van der Waals surface area contributed by atoms with E-state index in [9.17, 15) is 4.79 Å². The summed E-state index contributed by atoms with van der Waals surface area (Å²) in [5.74, 6) is 0.191. The Morgan fingerprint density at radius 2 is 1.93 bits per heavy atom. The lowest BCUT2D eigenvalue weighted by atomic mass is 10.1. The van der Waals surface area contributed by atoms with Crippen LogP contribution in [0.1, 0.15) is 5.56 Å². The highest BCUT2D eigenvalue weighted by atomic mass is 32.2. The molecule has 0 saturated heterocycles. The van der Waals surface area contributed by atoms with Gasteiger partial charge in [0.25, 0.3) is 0 Å². The SMILES string of the molecule is Cc1ccc(-c2cc(NC(=O)CSc3nnnn3-c3ccccc3)on2)cc1. The van der Waals surface area contributed by atoms with Crippen molar-refractivity contribution in [1.29, 1.82) is 0 Å². The monoisotopic (exact) mass is 392 g/mol. The van der Waals surface area contributed by atoms with Crippen LogP contribution >= 0.6 is 11.8 Å². The highest BCUT2D eigenvalue weighted by Gasteiger charge is 2.13. The average molecular weight is 392 g/mol. The molecule has 0 fully saturated rings. The average Bonchev–Trinajstić information content (AvgIpc) is 3.37. The van der Waals surface area contributed by atoms with Gasteiger partial charge in [-0.2, -0.15) is 4.68 Å². The Hall–Kier alpha value is -3.46. The molecule has 28 heavy (non-hydrogen) atoms. The van der Waals surface area contributed by atoms with E-state index in [1.165, 1.54) is 11.8 Å². The molecule has 2 aromatic carbocycles. The molecule has 140 valence electrons. The van der Waals surface area contributed by atoms with Crippen LogP contribution in [-0.2, 0) is 4.79 Å². The molecular formula is C19H16N6O2S. The van der Waals surface area contributed by atoms with Crippen molar-refractivity contribution in [1.82, 2.24) is 25.4 Å². The maximum atomic E-state index is 12.2. The van der Waals surface area contributed by atoms with Gasteiger partial charge in [-0.1, -0.05) is 64.9 Å². The van der Waals surface area contributed by atoms with Crippen LogP contribution in [0.25, 0.3) is 16.9 Å². The number of carbonyl (C=O) groups excluding carboxylic acids is 1. The van der Waals surface area contributed by atoms with Crippen LogP contribution in [0.5, 0.6) is 0 Å². The first-order valence-corrected chi connectivity index (χ1v) is 9.48. The molecule has 9 heteroatoms. The van der Waals surface area contributed by atoms with Gasteiger partial charge in [0, 0.05) is 11.6 Å². The van der Waals surface area contributed by atoms with Crippen molar-refractivity contribution in [3.05, 3.63) is 66.2 Å². The molecule has 0 spiro atoms. The third-order valence-electron chi connectivity index (χ3n) is 3.89. The number of anilines is 1. The van der Waals surface area contributed by atoms with Gasteiger partial charge in [0.1, 0.15) is 5.69 Å². The largest absolute Gasteiger partial charge is 0.338 e. The Bertz CT molecular complexity index is 1080. The van der Waals surface area contributed by atoms with Crippen LogP contribution in [0.2, 0.25) is 0 Å². The van der Waals surface area contributed by atoms with E-state index in [1.807, 2.05) is 61.5 Å². The number of rotatable bonds is 6. The second kappa shape index (κ2) is 8.05. The molecule has 2 heterocycles. The van der Waals surface area contributed by atoms with E-state index in [0.717, 1.165) is 16.8 Å². The number of carbonyl (C=O) groups is 1. The van der Waals surface area contributed by atoms with Crippen molar-refractivity contribution in [2.45, 2.75) is 12.1 Å². The zero-order valence-corrected chi connectivity index (χ0v) is 15.8. The second-order valence-electron chi connectivity index (χ2n) is 5.99. The Balaban J connectivity index is 1.37. The van der Waals surface area contributed by atoms with Crippen molar-refractivity contribution in [2.24, 2.45) is 0 Å². The normalized spacial score (nSPS) is 10.8. The van der Waals surface area contributed by atoms with E-state index in [0.29, 0.717) is 16.7 Å². The van der Waals surface area contributed by atoms with Crippen molar-refractivity contribution in [2.75, 3.05) is 11.1 Å². The summed E-state index contributed by atoms with van der Waals surface area (Å²) in [6.07, 6.45) is 0. The fourth-order valence-electron chi connectivity index (χ4n) is 2.50. The van der Waals surface area contributed by atoms with E-state index < -0.39 is 0 Å². The molecule has 1 amide bonds. The van der Waals surface area contributed by atoms with Crippen molar-refractivity contribution < 1.29 is 9.32 Å². The lowest BCUT2D eigenvalue weighted by molar-refractivity contribution is -0.113. The molecule has 4 aromatic rings. The van der Waals surface area contributed by atoms with Crippen LogP contribution in [-0.4, -0.2) is 37.0 Å². The van der Waals surface area contributed by atoms with Crippen LogP contribution < -0.4 is 5.32 Å². The van der Waals surface area contributed by atoms with E-state index in [4.69, 9.17) is 4.52 Å². The first kappa shape index (κ1) is 17.9. The van der Waals surface area contributed by atoms with Crippen molar-refractivity contribution in [3.8, 4) is 16.9 Å². The van der Waals surface area contributed by atoms with Crippen LogP contribution in [0.3, 0.4) is 0 Å².